The Kier molecular flexibility index (Phi) is 4.94. The lowest BCUT2D eigenvalue weighted by molar-refractivity contribution is -0.123. The SMILES string of the molecule is Cc1ccc2c(c1)C1(SC(C)(C)CN1C(=O)c1cccs1)C(=O)N2Cc1ccc(F)cc1. The maximum atomic E-state index is 14.2. The number of thiophene rings is 1. The number of rotatable bonds is 3. The molecule has 2 aliphatic heterocycles. The molecule has 0 aliphatic carbocycles. The molecule has 1 spiro atoms. The minimum atomic E-state index is -1.12. The van der Waals surface area contributed by atoms with Crippen LogP contribution in [0.4, 0.5) is 10.1 Å². The number of anilines is 1. The van der Waals surface area contributed by atoms with Crippen LogP contribution in [0.15, 0.2) is 60.0 Å². The molecule has 0 saturated carbocycles. The molecule has 7 heteroatoms. The highest BCUT2D eigenvalue weighted by atomic mass is 32.2. The zero-order chi connectivity index (χ0) is 22.7. The molecular weight excluding hydrogens is 443 g/mol. The standard InChI is InChI=1S/C25H23FN2O2S2/c1-16-6-11-20-19(13-16)25(23(30)27(20)14-17-7-9-18(26)10-8-17)28(15-24(2,3)32-25)22(29)21-5-4-12-31-21/h4-13H,14-15H2,1-3H3. The lowest BCUT2D eigenvalue weighted by Gasteiger charge is -2.33. The van der Waals surface area contributed by atoms with Gasteiger partial charge in [0.2, 0.25) is 0 Å². The van der Waals surface area contributed by atoms with Crippen molar-refractivity contribution in [3.63, 3.8) is 0 Å². The first-order valence-corrected chi connectivity index (χ1v) is 12.1. The molecule has 2 aliphatic rings. The molecule has 0 bridgehead atoms. The fourth-order valence-corrected chi connectivity index (χ4v) is 6.97. The van der Waals surface area contributed by atoms with Crippen molar-refractivity contribution in [2.45, 2.75) is 36.9 Å². The predicted molar refractivity (Wildman–Crippen MR) is 127 cm³/mol. The van der Waals surface area contributed by atoms with Gasteiger partial charge in [0.15, 0.2) is 4.87 Å². The van der Waals surface area contributed by atoms with Gasteiger partial charge in [-0.2, -0.15) is 0 Å². The van der Waals surface area contributed by atoms with E-state index in [2.05, 4.69) is 13.8 Å². The molecule has 5 rings (SSSR count). The molecule has 4 nitrogen and oxygen atoms in total. The maximum Gasteiger partial charge on any atom is 0.268 e. The summed E-state index contributed by atoms with van der Waals surface area (Å²) in [6.07, 6.45) is 0. The van der Waals surface area contributed by atoms with Crippen molar-refractivity contribution in [2.75, 3.05) is 11.4 Å². The monoisotopic (exact) mass is 466 g/mol. The minimum Gasteiger partial charge on any atom is -0.309 e. The second-order valence-corrected chi connectivity index (χ2v) is 11.8. The summed E-state index contributed by atoms with van der Waals surface area (Å²) in [7, 11) is 0. The van der Waals surface area contributed by atoms with Crippen molar-refractivity contribution >= 4 is 40.6 Å². The molecule has 1 saturated heterocycles. The zero-order valence-corrected chi connectivity index (χ0v) is 19.7. The maximum absolute atomic E-state index is 14.2. The fourth-order valence-electron chi connectivity index (χ4n) is 4.58. The average molecular weight is 467 g/mol. The molecular formula is C25H23FN2O2S2. The van der Waals surface area contributed by atoms with E-state index in [1.54, 1.807) is 33.7 Å². The van der Waals surface area contributed by atoms with Crippen molar-refractivity contribution < 1.29 is 14.0 Å². The number of fused-ring (bicyclic) bond motifs is 2. The van der Waals surface area contributed by atoms with Crippen LogP contribution in [0.25, 0.3) is 0 Å². The van der Waals surface area contributed by atoms with Crippen LogP contribution in [0.3, 0.4) is 0 Å². The third-order valence-electron chi connectivity index (χ3n) is 5.92. The summed E-state index contributed by atoms with van der Waals surface area (Å²) in [4.78, 5) is 30.8. The summed E-state index contributed by atoms with van der Waals surface area (Å²) >= 11 is 2.94. The van der Waals surface area contributed by atoms with Crippen LogP contribution in [-0.4, -0.2) is 28.0 Å². The third kappa shape index (κ3) is 3.26. The van der Waals surface area contributed by atoms with Gasteiger partial charge < -0.3 is 9.80 Å². The summed E-state index contributed by atoms with van der Waals surface area (Å²) < 4.78 is 13.1. The number of carbonyl (C=O) groups is 2. The Balaban J connectivity index is 1.65. The lowest BCUT2D eigenvalue weighted by atomic mass is 10.0. The van der Waals surface area contributed by atoms with E-state index >= 15 is 0 Å². The van der Waals surface area contributed by atoms with E-state index in [1.165, 1.54) is 23.5 Å². The van der Waals surface area contributed by atoms with Gasteiger partial charge >= 0.3 is 0 Å². The van der Waals surface area contributed by atoms with Crippen molar-refractivity contribution in [1.82, 2.24) is 4.90 Å². The molecule has 1 fully saturated rings. The van der Waals surface area contributed by atoms with E-state index in [0.29, 0.717) is 18.0 Å². The van der Waals surface area contributed by atoms with Crippen LogP contribution in [0.1, 0.15) is 40.2 Å². The first-order valence-electron chi connectivity index (χ1n) is 10.4. The van der Waals surface area contributed by atoms with Gasteiger partial charge in [-0.1, -0.05) is 35.9 Å². The second kappa shape index (κ2) is 7.46. The minimum absolute atomic E-state index is 0.122. The fraction of sp³-hybridized carbons (Fsp3) is 0.280. The molecule has 0 N–H and O–H groups in total. The highest BCUT2D eigenvalue weighted by molar-refractivity contribution is 8.02. The zero-order valence-electron chi connectivity index (χ0n) is 18.1. The number of carbonyl (C=O) groups excluding carboxylic acids is 2. The van der Waals surface area contributed by atoms with E-state index < -0.39 is 4.87 Å². The first-order chi connectivity index (χ1) is 15.2. The van der Waals surface area contributed by atoms with Crippen LogP contribution < -0.4 is 4.90 Å². The molecule has 164 valence electrons. The number of halogens is 1. The van der Waals surface area contributed by atoms with Crippen molar-refractivity contribution in [2.24, 2.45) is 0 Å². The Bertz CT molecular complexity index is 1210. The molecule has 32 heavy (non-hydrogen) atoms. The Hall–Kier alpha value is -2.64. The van der Waals surface area contributed by atoms with Crippen LogP contribution >= 0.6 is 23.1 Å². The van der Waals surface area contributed by atoms with E-state index in [-0.39, 0.29) is 22.4 Å². The predicted octanol–water partition coefficient (Wildman–Crippen LogP) is 5.56. The van der Waals surface area contributed by atoms with Crippen LogP contribution in [0.2, 0.25) is 0 Å². The topological polar surface area (TPSA) is 40.6 Å². The van der Waals surface area contributed by atoms with Crippen molar-refractivity contribution in [1.29, 1.82) is 0 Å². The first kappa shape index (κ1) is 21.2. The molecule has 1 atom stereocenters. The normalized spacial score (nSPS) is 21.4. The lowest BCUT2D eigenvalue weighted by Crippen LogP contribution is -2.50. The summed E-state index contributed by atoms with van der Waals surface area (Å²) in [6, 6.07) is 15.8. The number of hydrogen-bond donors (Lipinski definition) is 0. The highest BCUT2D eigenvalue weighted by Crippen LogP contribution is 2.60. The van der Waals surface area contributed by atoms with E-state index in [9.17, 15) is 14.0 Å². The summed E-state index contributed by atoms with van der Waals surface area (Å²) in [5.41, 5.74) is 3.53. The Labute approximate surface area is 195 Å². The van der Waals surface area contributed by atoms with Gasteiger partial charge in [-0.25, -0.2) is 4.39 Å². The Morgan fingerprint density at radius 2 is 1.88 bits per heavy atom. The van der Waals surface area contributed by atoms with Crippen LogP contribution in [0, 0.1) is 12.7 Å². The van der Waals surface area contributed by atoms with Gasteiger partial charge in [0.25, 0.3) is 11.8 Å². The highest BCUT2D eigenvalue weighted by Gasteiger charge is 2.63. The number of thioether (sulfide) groups is 1. The quantitative estimate of drug-likeness (QED) is 0.507. The van der Waals surface area contributed by atoms with Gasteiger partial charge in [-0.05, 0) is 56.0 Å². The summed E-state index contributed by atoms with van der Waals surface area (Å²) in [5, 5.41) is 1.88. The summed E-state index contributed by atoms with van der Waals surface area (Å²) in [5.74, 6) is -0.555. The van der Waals surface area contributed by atoms with Gasteiger partial charge in [-0.3, -0.25) is 9.59 Å². The second-order valence-electron chi connectivity index (χ2n) is 8.91. The van der Waals surface area contributed by atoms with Crippen LogP contribution in [-0.2, 0) is 16.2 Å². The number of nitrogens with zero attached hydrogens (tertiary/aromatic N) is 2. The molecule has 2 aromatic carbocycles. The van der Waals surface area contributed by atoms with Gasteiger partial charge in [0.1, 0.15) is 5.82 Å². The van der Waals surface area contributed by atoms with Gasteiger partial charge in [-0.15, -0.1) is 23.1 Å². The van der Waals surface area contributed by atoms with Crippen molar-refractivity contribution in [3.05, 3.63) is 87.4 Å². The Morgan fingerprint density at radius 3 is 2.56 bits per heavy atom. The van der Waals surface area contributed by atoms with Gasteiger partial charge in [0, 0.05) is 16.9 Å². The number of benzene rings is 2. The third-order valence-corrected chi connectivity index (χ3v) is 8.37. The molecule has 2 amide bonds. The number of hydrogen-bond acceptors (Lipinski definition) is 4. The number of aryl methyl sites for hydroxylation is 1. The van der Waals surface area contributed by atoms with E-state index in [0.717, 1.165) is 22.4 Å². The smallest absolute Gasteiger partial charge is 0.268 e. The molecule has 1 unspecified atom stereocenters. The molecule has 1 aromatic heterocycles. The Morgan fingerprint density at radius 1 is 1.12 bits per heavy atom. The van der Waals surface area contributed by atoms with Gasteiger partial charge in [0.05, 0.1) is 17.1 Å². The van der Waals surface area contributed by atoms with E-state index in [1.807, 2.05) is 42.6 Å². The molecule has 0 radical (unpaired) electrons. The molecule has 3 aromatic rings. The largest absolute Gasteiger partial charge is 0.309 e. The summed E-state index contributed by atoms with van der Waals surface area (Å²) in [6.45, 7) is 6.94. The molecule has 3 heterocycles. The van der Waals surface area contributed by atoms with Crippen molar-refractivity contribution in [3.8, 4) is 0 Å². The number of amides is 2. The average Bonchev–Trinajstić information content (AvgIpc) is 3.43. The van der Waals surface area contributed by atoms with E-state index in [4.69, 9.17) is 0 Å². The van der Waals surface area contributed by atoms with Crippen LogP contribution in [0.5, 0.6) is 0 Å².